The van der Waals surface area contributed by atoms with Crippen LogP contribution in [-0.4, -0.2) is 37.8 Å². The van der Waals surface area contributed by atoms with Crippen LogP contribution in [0.1, 0.15) is 43.0 Å². The predicted octanol–water partition coefficient (Wildman–Crippen LogP) is 2.09. The number of fused-ring (bicyclic) bond motifs is 3. The Hall–Kier alpha value is -2.08. The van der Waals surface area contributed by atoms with Crippen molar-refractivity contribution in [2.24, 2.45) is 17.3 Å². The van der Waals surface area contributed by atoms with Gasteiger partial charge in [0.15, 0.2) is 5.72 Å². The van der Waals surface area contributed by atoms with Crippen molar-refractivity contribution in [3.63, 3.8) is 0 Å². The van der Waals surface area contributed by atoms with Gasteiger partial charge < -0.3 is 20.1 Å². The highest BCUT2D eigenvalue weighted by atomic mass is 16.5. The zero-order valence-corrected chi connectivity index (χ0v) is 15.3. The van der Waals surface area contributed by atoms with E-state index in [0.29, 0.717) is 30.9 Å². The molecule has 0 saturated heterocycles. The zero-order chi connectivity index (χ0) is 18.4. The van der Waals surface area contributed by atoms with Gasteiger partial charge in [0.25, 0.3) is 5.91 Å². The minimum Gasteiger partial charge on any atom is -0.467 e. The van der Waals surface area contributed by atoms with Crippen LogP contribution in [0, 0.1) is 17.3 Å². The van der Waals surface area contributed by atoms with Gasteiger partial charge in [0, 0.05) is 31.9 Å². The van der Waals surface area contributed by atoms with Gasteiger partial charge in [0.1, 0.15) is 5.75 Å². The molecule has 3 saturated carbocycles. The number of nitrogens with one attached hydrogen (secondary N) is 2. The Bertz CT molecular complexity index is 736. The van der Waals surface area contributed by atoms with E-state index in [1.54, 1.807) is 13.2 Å². The Labute approximate surface area is 153 Å². The van der Waals surface area contributed by atoms with E-state index in [1.807, 2.05) is 18.2 Å². The summed E-state index contributed by atoms with van der Waals surface area (Å²) in [5.41, 5.74) is -0.300. The summed E-state index contributed by atoms with van der Waals surface area (Å²) in [5.74, 6) is 0.741. The molecule has 4 aliphatic rings. The molecule has 0 unspecified atom stereocenters. The Kier molecular flexibility index (Phi) is 4.18. The monoisotopic (exact) mass is 358 g/mol. The average molecular weight is 358 g/mol. The van der Waals surface area contributed by atoms with Gasteiger partial charge in [-0.25, -0.2) is 0 Å². The number of amides is 2. The molecule has 2 amide bonds. The number of hydrogen-bond acceptors (Lipinski definition) is 4. The molecule has 6 nitrogen and oxygen atoms in total. The second kappa shape index (κ2) is 6.27. The van der Waals surface area contributed by atoms with E-state index in [2.05, 4.69) is 17.6 Å². The quantitative estimate of drug-likeness (QED) is 0.808. The average Bonchev–Trinajstić information content (AvgIpc) is 2.61. The number of ether oxygens (including phenoxy) is 2. The standard InChI is InChI=1S/C20H26N2O4/c1-19-8-7-13(11-15(19)18(24)21-9-10-25-2)20(12-19)22-17(23)14-5-3-4-6-16(14)26-20/h3-6,13,15H,7-12H2,1-2H3,(H,21,24)(H,22,23)/t13-,15+,19+,20+/m1/s1. The van der Waals surface area contributed by atoms with E-state index in [0.717, 1.165) is 19.3 Å². The van der Waals surface area contributed by atoms with Crippen LogP contribution in [0.5, 0.6) is 5.75 Å². The molecule has 3 fully saturated rings. The maximum Gasteiger partial charge on any atom is 0.258 e. The normalized spacial score (nSPS) is 34.8. The van der Waals surface area contributed by atoms with Gasteiger partial charge >= 0.3 is 0 Å². The fraction of sp³-hybridized carbons (Fsp3) is 0.600. The third-order valence-electron chi connectivity index (χ3n) is 6.42. The van der Waals surface area contributed by atoms with Crippen LogP contribution < -0.4 is 15.4 Å². The van der Waals surface area contributed by atoms with Crippen molar-refractivity contribution in [3.8, 4) is 5.75 Å². The fourth-order valence-corrected chi connectivity index (χ4v) is 5.06. The van der Waals surface area contributed by atoms with Crippen molar-refractivity contribution >= 4 is 11.8 Å². The summed E-state index contributed by atoms with van der Waals surface area (Å²) in [6.07, 6.45) is 3.33. The molecule has 1 spiro atoms. The number of rotatable bonds is 4. The molecule has 6 heteroatoms. The first-order valence-corrected chi connectivity index (χ1v) is 9.35. The molecule has 0 radical (unpaired) electrons. The maximum atomic E-state index is 12.7. The lowest BCUT2D eigenvalue weighted by atomic mass is 9.52. The first-order valence-electron chi connectivity index (χ1n) is 9.35. The molecule has 4 atom stereocenters. The highest BCUT2D eigenvalue weighted by Gasteiger charge is 2.61. The number of methoxy groups -OCH3 is 1. The molecule has 26 heavy (non-hydrogen) atoms. The van der Waals surface area contributed by atoms with Gasteiger partial charge in [-0.3, -0.25) is 9.59 Å². The van der Waals surface area contributed by atoms with Gasteiger partial charge in [0.2, 0.25) is 5.91 Å². The highest BCUT2D eigenvalue weighted by molar-refractivity contribution is 5.98. The van der Waals surface area contributed by atoms with Crippen molar-refractivity contribution in [1.29, 1.82) is 0 Å². The first-order chi connectivity index (χ1) is 12.5. The highest BCUT2D eigenvalue weighted by Crippen LogP contribution is 2.58. The van der Waals surface area contributed by atoms with E-state index in [1.165, 1.54) is 0 Å². The van der Waals surface area contributed by atoms with Gasteiger partial charge in [-0.15, -0.1) is 0 Å². The fourth-order valence-electron chi connectivity index (χ4n) is 5.06. The van der Waals surface area contributed by atoms with Crippen LogP contribution in [0.2, 0.25) is 0 Å². The first kappa shape index (κ1) is 17.3. The summed E-state index contributed by atoms with van der Waals surface area (Å²) in [5, 5.41) is 6.13. The molecule has 140 valence electrons. The van der Waals surface area contributed by atoms with E-state index >= 15 is 0 Å². The molecule has 3 aliphatic carbocycles. The lowest BCUT2D eigenvalue weighted by Crippen LogP contribution is -2.69. The number of benzene rings is 1. The van der Waals surface area contributed by atoms with E-state index in [4.69, 9.17) is 9.47 Å². The van der Waals surface area contributed by atoms with Gasteiger partial charge in [-0.05, 0) is 36.8 Å². The molecule has 2 N–H and O–H groups in total. The van der Waals surface area contributed by atoms with Crippen LogP contribution in [0.15, 0.2) is 24.3 Å². The smallest absolute Gasteiger partial charge is 0.258 e. The largest absolute Gasteiger partial charge is 0.467 e. The van der Waals surface area contributed by atoms with Crippen LogP contribution in [0.3, 0.4) is 0 Å². The summed E-state index contributed by atoms with van der Waals surface area (Å²) >= 11 is 0. The molecule has 0 aromatic heterocycles. The van der Waals surface area contributed by atoms with Crippen molar-refractivity contribution in [2.45, 2.75) is 38.3 Å². The van der Waals surface area contributed by atoms with E-state index in [9.17, 15) is 9.59 Å². The Morgan fingerprint density at radius 3 is 3.00 bits per heavy atom. The topological polar surface area (TPSA) is 76.7 Å². The predicted molar refractivity (Wildman–Crippen MR) is 95.7 cm³/mol. The number of carbonyl (C=O) groups excluding carboxylic acids is 2. The van der Waals surface area contributed by atoms with Gasteiger partial charge in [-0.1, -0.05) is 19.1 Å². The minimum absolute atomic E-state index is 0.0543. The molecular formula is C20H26N2O4. The third-order valence-corrected chi connectivity index (χ3v) is 6.42. The summed E-state index contributed by atoms with van der Waals surface area (Å²) in [6.45, 7) is 3.19. The molecule has 1 aliphatic heterocycles. The minimum atomic E-state index is -0.693. The Morgan fingerprint density at radius 1 is 1.42 bits per heavy atom. The second-order valence-electron chi connectivity index (χ2n) is 8.08. The second-order valence-corrected chi connectivity index (χ2v) is 8.08. The SMILES string of the molecule is COCCNC(=O)[C@@H]1C[C@H]2CC[C@@]1(C)C[C@@]21NC(=O)c2ccccc2O1. The Balaban J connectivity index is 1.57. The van der Waals surface area contributed by atoms with Gasteiger partial charge in [0.05, 0.1) is 12.2 Å². The molecule has 5 rings (SSSR count). The van der Waals surface area contributed by atoms with Crippen LogP contribution in [-0.2, 0) is 9.53 Å². The van der Waals surface area contributed by atoms with Crippen LogP contribution in [0.4, 0.5) is 0 Å². The summed E-state index contributed by atoms with van der Waals surface area (Å²) in [6, 6.07) is 7.37. The summed E-state index contributed by atoms with van der Waals surface area (Å²) < 4.78 is 11.4. The van der Waals surface area contributed by atoms with Crippen molar-refractivity contribution in [3.05, 3.63) is 29.8 Å². The van der Waals surface area contributed by atoms with Crippen LogP contribution >= 0.6 is 0 Å². The third kappa shape index (κ3) is 2.67. The van der Waals surface area contributed by atoms with Crippen LogP contribution in [0.25, 0.3) is 0 Å². The number of hydrogen-bond donors (Lipinski definition) is 2. The summed E-state index contributed by atoms with van der Waals surface area (Å²) in [4.78, 5) is 25.4. The van der Waals surface area contributed by atoms with Crippen molar-refractivity contribution in [2.75, 3.05) is 20.3 Å². The maximum absolute atomic E-state index is 12.7. The van der Waals surface area contributed by atoms with Crippen molar-refractivity contribution < 1.29 is 19.1 Å². The molecule has 1 heterocycles. The Morgan fingerprint density at radius 2 is 2.23 bits per heavy atom. The molecule has 1 aromatic rings. The van der Waals surface area contributed by atoms with Gasteiger partial charge in [-0.2, -0.15) is 0 Å². The number of para-hydroxylation sites is 1. The van der Waals surface area contributed by atoms with E-state index in [-0.39, 0.29) is 29.1 Å². The summed E-state index contributed by atoms with van der Waals surface area (Å²) in [7, 11) is 1.63. The number of carbonyl (C=O) groups is 2. The molecule has 2 bridgehead atoms. The van der Waals surface area contributed by atoms with E-state index < -0.39 is 5.72 Å². The lowest BCUT2D eigenvalue weighted by molar-refractivity contribution is -0.167. The molecule has 1 aromatic carbocycles. The molecular weight excluding hydrogens is 332 g/mol. The zero-order valence-electron chi connectivity index (χ0n) is 15.3. The lowest BCUT2D eigenvalue weighted by Gasteiger charge is -2.59. The van der Waals surface area contributed by atoms with Crippen molar-refractivity contribution in [1.82, 2.24) is 10.6 Å².